The number of aryl methyl sites for hydroxylation is 2. The van der Waals surface area contributed by atoms with Crippen molar-refractivity contribution in [2.75, 3.05) is 55.6 Å². The smallest absolute Gasteiger partial charge is 0.254 e. The van der Waals surface area contributed by atoms with Gasteiger partial charge >= 0.3 is 0 Å². The van der Waals surface area contributed by atoms with Crippen LogP contribution in [0.3, 0.4) is 0 Å². The lowest BCUT2D eigenvalue weighted by molar-refractivity contribution is -0.206. The van der Waals surface area contributed by atoms with Gasteiger partial charge in [0.1, 0.15) is 17.9 Å². The summed E-state index contributed by atoms with van der Waals surface area (Å²) in [6, 6.07) is 14.4. The molecule has 4 fully saturated rings. The van der Waals surface area contributed by atoms with Gasteiger partial charge in [0.25, 0.3) is 5.91 Å². The summed E-state index contributed by atoms with van der Waals surface area (Å²) in [5, 5.41) is 12.1. The number of benzene rings is 2. The number of nitriles is 1. The molecule has 4 heterocycles. The number of nitrogens with two attached hydrogens (primary N) is 1. The molecule has 1 aliphatic carbocycles. The van der Waals surface area contributed by atoms with Gasteiger partial charge in [-0.15, -0.1) is 0 Å². The Bertz CT molecular complexity index is 2070. The van der Waals surface area contributed by atoms with Crippen molar-refractivity contribution >= 4 is 35.0 Å². The summed E-state index contributed by atoms with van der Waals surface area (Å²) < 4.78 is 6.68. The molecule has 0 radical (unpaired) electrons. The van der Waals surface area contributed by atoms with Crippen LogP contribution in [0.2, 0.25) is 0 Å². The summed E-state index contributed by atoms with van der Waals surface area (Å²) >= 11 is 0. The number of carbonyl (C=O) groups is 4. The van der Waals surface area contributed by atoms with E-state index in [-0.39, 0.29) is 36.8 Å². The fourth-order valence-electron chi connectivity index (χ4n) is 10.4. The number of primary amides is 1. The van der Waals surface area contributed by atoms with Gasteiger partial charge < -0.3 is 25.2 Å². The maximum atomic E-state index is 14.7. The molecule has 0 spiro atoms. The van der Waals surface area contributed by atoms with Gasteiger partial charge in [0.15, 0.2) is 0 Å². The highest BCUT2D eigenvalue weighted by Gasteiger charge is 2.67. The van der Waals surface area contributed by atoms with Gasteiger partial charge in [-0.05, 0) is 92.6 Å². The first-order chi connectivity index (χ1) is 27.6. The fraction of sp³-hybridized carbons (Fsp3) is 0.511. The zero-order chi connectivity index (χ0) is 41.5. The van der Waals surface area contributed by atoms with Crippen molar-refractivity contribution in [3.63, 3.8) is 0 Å². The number of piperazine rings is 1. The summed E-state index contributed by atoms with van der Waals surface area (Å²) in [6.07, 6.45) is 5.55. The molecule has 3 aliphatic heterocycles. The molecule has 13 nitrogen and oxygen atoms in total. The minimum Gasteiger partial charge on any atom is -0.489 e. The molecule has 7 rings (SSSR count). The normalized spacial score (nSPS) is 23.4. The summed E-state index contributed by atoms with van der Waals surface area (Å²) in [5.74, 6) is -0.229. The fourth-order valence-corrected chi connectivity index (χ4v) is 10.4. The number of imide groups is 1. The van der Waals surface area contributed by atoms with Crippen molar-refractivity contribution in [2.24, 2.45) is 22.5 Å². The largest absolute Gasteiger partial charge is 0.489 e. The number of piperidine rings is 2. The van der Waals surface area contributed by atoms with E-state index in [1.54, 1.807) is 11.1 Å². The quantitative estimate of drug-likeness (QED) is 0.272. The molecule has 3 saturated heterocycles. The van der Waals surface area contributed by atoms with Gasteiger partial charge in [-0.1, -0.05) is 27.7 Å². The molecule has 3 N–H and O–H groups in total. The van der Waals surface area contributed by atoms with Crippen LogP contribution in [0.4, 0.5) is 11.4 Å². The van der Waals surface area contributed by atoms with E-state index in [0.717, 1.165) is 81.2 Å². The highest BCUT2D eigenvalue weighted by atomic mass is 16.5. The molecule has 4 amide bonds. The minimum absolute atomic E-state index is 0.160. The van der Waals surface area contributed by atoms with Gasteiger partial charge in [0.05, 0.1) is 35.1 Å². The van der Waals surface area contributed by atoms with Crippen molar-refractivity contribution in [3.05, 3.63) is 82.7 Å². The molecule has 306 valence electrons. The second-order valence-corrected chi connectivity index (χ2v) is 17.8. The first kappa shape index (κ1) is 40.7. The van der Waals surface area contributed by atoms with Gasteiger partial charge in [-0.2, -0.15) is 5.26 Å². The molecule has 1 atom stereocenters. The third-order valence-corrected chi connectivity index (χ3v) is 13.0. The molecule has 2 aromatic carbocycles. The molecule has 13 heteroatoms. The van der Waals surface area contributed by atoms with E-state index in [0.29, 0.717) is 28.4 Å². The Morgan fingerprint density at radius 2 is 1.50 bits per heavy atom. The van der Waals surface area contributed by atoms with Crippen molar-refractivity contribution in [3.8, 4) is 11.8 Å². The van der Waals surface area contributed by atoms with Crippen LogP contribution in [0.25, 0.3) is 0 Å². The van der Waals surface area contributed by atoms with E-state index in [4.69, 9.17) is 10.5 Å². The molecule has 3 aromatic rings. The maximum Gasteiger partial charge on any atom is 0.254 e. The third kappa shape index (κ3) is 7.86. The number of hydrogen-bond donors (Lipinski definition) is 2. The van der Waals surface area contributed by atoms with Crippen LogP contribution in [-0.4, -0.2) is 102 Å². The van der Waals surface area contributed by atoms with Crippen LogP contribution in [-0.2, 0) is 9.59 Å². The lowest BCUT2D eigenvalue weighted by Gasteiger charge is -2.66. The molecular formula is C45H56N8O5. The van der Waals surface area contributed by atoms with Gasteiger partial charge in [-0.25, -0.2) is 0 Å². The van der Waals surface area contributed by atoms with Crippen molar-refractivity contribution in [1.29, 1.82) is 5.26 Å². The number of pyridine rings is 1. The standard InChI is InChI=1S/C45H56N8O5/c1-28-21-35(22-29(2)36(28)24-46)58-43-44(3,4)42(45(43,5)6)53(37-11-12-38(54)49-40(37)56)41(57)31-7-9-33(10-8-31)51-15-13-30(14-16-51)27-50-17-19-52(20-18-50)34-23-32(39(47)55)25-48-26-34/h7-10,21-23,25-26,30,37,42-43H,11-20,27H2,1-6H3,(H2,47,55)(H,49,54,56). The lowest BCUT2D eigenvalue weighted by Crippen LogP contribution is -2.77. The molecule has 0 bridgehead atoms. The van der Waals surface area contributed by atoms with Gasteiger partial charge in [0, 0.05) is 80.5 Å². The summed E-state index contributed by atoms with van der Waals surface area (Å²) in [5.41, 5.74) is 9.56. The van der Waals surface area contributed by atoms with E-state index in [1.807, 2.05) is 56.3 Å². The van der Waals surface area contributed by atoms with E-state index in [1.165, 1.54) is 6.20 Å². The SMILES string of the molecule is Cc1cc(OC2C(C)(C)C(N(C(=O)c3ccc(N4CCC(CN5CCN(c6cncc(C(N)=O)c6)CC5)CC4)cc3)C3CCC(=O)NC3=O)C2(C)C)cc(C)c1C#N. The maximum absolute atomic E-state index is 14.7. The topological polar surface area (TPSA) is 165 Å². The first-order valence-corrected chi connectivity index (χ1v) is 20.5. The van der Waals surface area contributed by atoms with Gasteiger partial charge in [0.2, 0.25) is 17.7 Å². The number of nitrogens with zero attached hydrogens (tertiary/aromatic N) is 6. The molecule has 1 aromatic heterocycles. The predicted molar refractivity (Wildman–Crippen MR) is 222 cm³/mol. The second kappa shape index (κ2) is 16.0. The highest BCUT2D eigenvalue weighted by molar-refractivity contribution is 6.04. The summed E-state index contributed by atoms with van der Waals surface area (Å²) in [7, 11) is 0. The van der Waals surface area contributed by atoms with E-state index in [2.05, 4.69) is 58.8 Å². The van der Waals surface area contributed by atoms with E-state index < -0.39 is 28.7 Å². The number of nitrogens with one attached hydrogen (secondary N) is 1. The summed E-state index contributed by atoms with van der Waals surface area (Å²) in [4.78, 5) is 65.1. The Morgan fingerprint density at radius 1 is 0.879 bits per heavy atom. The zero-order valence-electron chi connectivity index (χ0n) is 34.6. The Morgan fingerprint density at radius 3 is 2.09 bits per heavy atom. The van der Waals surface area contributed by atoms with Crippen LogP contribution in [0.1, 0.15) is 90.8 Å². The number of carbonyl (C=O) groups excluding carboxylic acids is 4. The monoisotopic (exact) mass is 788 g/mol. The van der Waals surface area contributed by atoms with Crippen LogP contribution in [0.15, 0.2) is 54.9 Å². The average molecular weight is 789 g/mol. The lowest BCUT2D eigenvalue weighted by atomic mass is 9.48. The third-order valence-electron chi connectivity index (χ3n) is 13.0. The highest BCUT2D eigenvalue weighted by Crippen LogP contribution is 2.59. The Balaban J connectivity index is 0.999. The Kier molecular flexibility index (Phi) is 11.3. The zero-order valence-corrected chi connectivity index (χ0v) is 34.6. The van der Waals surface area contributed by atoms with Crippen molar-refractivity contribution in [2.45, 2.75) is 85.4 Å². The van der Waals surface area contributed by atoms with Crippen LogP contribution >= 0.6 is 0 Å². The molecule has 1 unspecified atom stereocenters. The van der Waals surface area contributed by atoms with Crippen LogP contribution < -0.4 is 25.6 Å². The average Bonchev–Trinajstić information content (AvgIpc) is 3.19. The van der Waals surface area contributed by atoms with Crippen molar-refractivity contribution < 1.29 is 23.9 Å². The summed E-state index contributed by atoms with van der Waals surface area (Å²) in [6.45, 7) is 18.6. The molecule has 4 aliphatic rings. The van der Waals surface area contributed by atoms with E-state index in [9.17, 15) is 24.4 Å². The Labute approximate surface area is 341 Å². The minimum atomic E-state index is -0.805. The number of aromatic nitrogens is 1. The number of anilines is 2. The van der Waals surface area contributed by atoms with Gasteiger partial charge in [-0.3, -0.25) is 34.4 Å². The number of hydrogen-bond acceptors (Lipinski definition) is 10. The molecule has 58 heavy (non-hydrogen) atoms. The van der Waals surface area contributed by atoms with E-state index >= 15 is 0 Å². The number of rotatable bonds is 10. The number of ether oxygens (including phenoxy) is 1. The van der Waals surface area contributed by atoms with Crippen molar-refractivity contribution in [1.82, 2.24) is 20.1 Å². The number of amides is 4. The molecular weight excluding hydrogens is 733 g/mol. The van der Waals surface area contributed by atoms with Crippen LogP contribution in [0.5, 0.6) is 5.75 Å². The Hall–Kier alpha value is -5.48. The molecule has 1 saturated carbocycles. The second-order valence-electron chi connectivity index (χ2n) is 17.8. The predicted octanol–water partition coefficient (Wildman–Crippen LogP) is 4.84. The first-order valence-electron chi connectivity index (χ1n) is 20.5. The van der Waals surface area contributed by atoms with Crippen LogP contribution in [0, 0.1) is 41.9 Å².